The van der Waals surface area contributed by atoms with Crippen LogP contribution in [0.2, 0.25) is 0 Å². The standard InChI is InChI=1S/C23H26N2O9/c1-25(2)16-11-5-8-4-10-14(12(27)6-9(7-26)19(10)34-3)17(28)13(8)20(30)23(11,33)21(31)15(18(16)29)22(24)32/h6,8,11,13,15-16,26-27,33H,4-5,7H2,1-3H3,(H2,24,32)/t8-,11-,13?,15?,16-,23-/m0/s1. The molecule has 0 aliphatic heterocycles. The number of fused-ring (bicyclic) bond motifs is 3. The van der Waals surface area contributed by atoms with Crippen molar-refractivity contribution in [2.45, 2.75) is 31.1 Å². The fourth-order valence-corrected chi connectivity index (χ4v) is 6.09. The number of phenols is 1. The zero-order chi connectivity index (χ0) is 25.3. The largest absolute Gasteiger partial charge is 0.507 e. The monoisotopic (exact) mass is 474 g/mol. The van der Waals surface area contributed by atoms with E-state index in [4.69, 9.17) is 10.5 Å². The van der Waals surface area contributed by atoms with Crippen LogP contribution in [0, 0.1) is 23.7 Å². The van der Waals surface area contributed by atoms with Crippen LogP contribution in [0.3, 0.4) is 0 Å². The lowest BCUT2D eigenvalue weighted by atomic mass is 9.52. The number of carbonyl (C=O) groups is 5. The van der Waals surface area contributed by atoms with Gasteiger partial charge in [-0.25, -0.2) is 0 Å². The van der Waals surface area contributed by atoms with Crippen LogP contribution in [0.25, 0.3) is 0 Å². The molecule has 11 nitrogen and oxygen atoms in total. The normalized spacial score (nSPS) is 32.8. The summed E-state index contributed by atoms with van der Waals surface area (Å²) in [5.41, 5.74) is 2.90. The molecule has 6 atom stereocenters. The number of aromatic hydroxyl groups is 1. The van der Waals surface area contributed by atoms with Crippen molar-refractivity contribution < 1.29 is 44.0 Å². The number of aliphatic hydroxyl groups excluding tert-OH is 1. The molecule has 3 aliphatic rings. The Balaban J connectivity index is 1.90. The summed E-state index contributed by atoms with van der Waals surface area (Å²) in [6.07, 6.45) is 0.00751. The maximum absolute atomic E-state index is 13.7. The molecule has 0 radical (unpaired) electrons. The summed E-state index contributed by atoms with van der Waals surface area (Å²) in [4.78, 5) is 66.7. The molecular weight excluding hydrogens is 448 g/mol. The number of likely N-dealkylation sites (N-methyl/N-ethyl adjacent to an activating group) is 1. The molecule has 2 fully saturated rings. The first kappa shape index (κ1) is 24.0. The first-order chi connectivity index (χ1) is 15.9. The van der Waals surface area contributed by atoms with Gasteiger partial charge in [-0.3, -0.25) is 28.9 Å². The van der Waals surface area contributed by atoms with Crippen molar-refractivity contribution in [3.63, 3.8) is 0 Å². The van der Waals surface area contributed by atoms with E-state index in [-0.39, 0.29) is 29.7 Å². The lowest BCUT2D eigenvalue weighted by Crippen LogP contribution is -2.74. The third-order valence-electron chi connectivity index (χ3n) is 7.46. The molecule has 11 heteroatoms. The first-order valence-electron chi connectivity index (χ1n) is 10.8. The molecule has 0 aromatic heterocycles. The Morgan fingerprint density at radius 1 is 1.24 bits per heavy atom. The smallest absolute Gasteiger partial charge is 0.235 e. The number of benzene rings is 1. The number of primary amides is 1. The summed E-state index contributed by atoms with van der Waals surface area (Å²) in [5.74, 6) is -11.0. The second kappa shape index (κ2) is 7.97. The molecule has 0 spiro atoms. The predicted octanol–water partition coefficient (Wildman–Crippen LogP) is -1.63. The third kappa shape index (κ3) is 2.97. The molecule has 1 aromatic carbocycles. The molecule has 0 bridgehead atoms. The first-order valence-corrected chi connectivity index (χ1v) is 10.8. The van der Waals surface area contributed by atoms with Crippen LogP contribution in [0.1, 0.15) is 27.9 Å². The number of carbonyl (C=O) groups excluding carboxylic acids is 5. The quantitative estimate of drug-likeness (QED) is 0.369. The van der Waals surface area contributed by atoms with Gasteiger partial charge in [0, 0.05) is 17.0 Å². The van der Waals surface area contributed by atoms with Gasteiger partial charge in [0.2, 0.25) is 5.91 Å². The number of nitrogens with two attached hydrogens (primary N) is 1. The highest BCUT2D eigenvalue weighted by molar-refractivity contribution is 6.32. The fraction of sp³-hybridized carbons (Fsp3) is 0.522. The Morgan fingerprint density at radius 2 is 1.88 bits per heavy atom. The summed E-state index contributed by atoms with van der Waals surface area (Å²) in [6, 6.07) is -0.00301. The highest BCUT2D eigenvalue weighted by atomic mass is 16.5. The number of Topliss-reactive ketones (excluding diaryl/α,β-unsaturated/α-hetero) is 4. The van der Waals surface area contributed by atoms with Gasteiger partial charge in [0.05, 0.1) is 31.2 Å². The zero-order valence-electron chi connectivity index (χ0n) is 18.9. The summed E-state index contributed by atoms with van der Waals surface area (Å²) in [5, 5.41) is 31.6. The summed E-state index contributed by atoms with van der Waals surface area (Å²) in [7, 11) is 4.38. The van der Waals surface area contributed by atoms with Gasteiger partial charge < -0.3 is 25.8 Å². The lowest BCUT2D eigenvalue weighted by Gasteiger charge is -2.52. The number of hydrogen-bond acceptors (Lipinski definition) is 10. The van der Waals surface area contributed by atoms with Crippen LogP contribution in [-0.4, -0.2) is 82.1 Å². The van der Waals surface area contributed by atoms with Crippen molar-refractivity contribution in [3.05, 3.63) is 22.8 Å². The molecule has 5 N–H and O–H groups in total. The van der Waals surface area contributed by atoms with Crippen LogP contribution in [0.5, 0.6) is 11.5 Å². The maximum Gasteiger partial charge on any atom is 0.235 e. The molecule has 34 heavy (non-hydrogen) atoms. The highest BCUT2D eigenvalue weighted by Gasteiger charge is 2.69. The summed E-state index contributed by atoms with van der Waals surface area (Å²) in [6.45, 7) is -0.464. The molecule has 3 aliphatic carbocycles. The number of hydrogen-bond donors (Lipinski definition) is 4. The Morgan fingerprint density at radius 3 is 2.41 bits per heavy atom. The molecule has 2 unspecified atom stereocenters. The van der Waals surface area contributed by atoms with Gasteiger partial charge in [-0.2, -0.15) is 0 Å². The van der Waals surface area contributed by atoms with Crippen molar-refractivity contribution in [2.24, 2.45) is 29.4 Å². The average molecular weight is 474 g/mol. The van der Waals surface area contributed by atoms with Crippen LogP contribution in [-0.2, 0) is 32.2 Å². The van der Waals surface area contributed by atoms with Gasteiger partial charge in [0.25, 0.3) is 0 Å². The minimum absolute atomic E-state index is 0.0584. The third-order valence-corrected chi connectivity index (χ3v) is 7.46. The van der Waals surface area contributed by atoms with Gasteiger partial charge in [-0.05, 0) is 38.9 Å². The molecular formula is C23H26N2O9. The lowest BCUT2D eigenvalue weighted by molar-refractivity contribution is -0.181. The molecule has 1 aromatic rings. The van der Waals surface area contributed by atoms with Crippen molar-refractivity contribution >= 4 is 29.0 Å². The number of ketones is 4. The Hall–Kier alpha value is -3.15. The molecule has 2 saturated carbocycles. The van der Waals surface area contributed by atoms with E-state index in [2.05, 4.69) is 0 Å². The van der Waals surface area contributed by atoms with Crippen molar-refractivity contribution in [2.75, 3.05) is 21.2 Å². The van der Waals surface area contributed by atoms with E-state index < -0.39 is 76.7 Å². The number of methoxy groups -OCH3 is 1. The predicted molar refractivity (Wildman–Crippen MR) is 114 cm³/mol. The Bertz CT molecular complexity index is 1140. The Labute approximate surface area is 194 Å². The second-order valence-electron chi connectivity index (χ2n) is 9.39. The molecule has 0 saturated heterocycles. The summed E-state index contributed by atoms with van der Waals surface area (Å²) >= 11 is 0. The van der Waals surface area contributed by atoms with E-state index in [9.17, 15) is 39.3 Å². The minimum atomic E-state index is -2.76. The van der Waals surface area contributed by atoms with Crippen LogP contribution < -0.4 is 10.5 Å². The molecule has 0 heterocycles. The van der Waals surface area contributed by atoms with Gasteiger partial charge in [-0.1, -0.05) is 0 Å². The van der Waals surface area contributed by atoms with Crippen molar-refractivity contribution in [1.29, 1.82) is 0 Å². The Kier molecular flexibility index (Phi) is 5.62. The van der Waals surface area contributed by atoms with Crippen molar-refractivity contribution in [3.8, 4) is 11.5 Å². The SMILES string of the molecule is COc1c(CO)cc(O)c2c1C[C@H]1C[C@H]3[C@H](N(C)C)C(=O)C(C(N)=O)C(=O)[C@@]3(O)C(=O)C1C2=O. The topological polar surface area (TPSA) is 185 Å². The second-order valence-corrected chi connectivity index (χ2v) is 9.39. The highest BCUT2D eigenvalue weighted by Crippen LogP contribution is 2.52. The zero-order valence-corrected chi connectivity index (χ0v) is 18.9. The minimum Gasteiger partial charge on any atom is -0.507 e. The van der Waals surface area contributed by atoms with E-state index >= 15 is 0 Å². The number of aliphatic hydroxyl groups is 2. The number of nitrogens with zero attached hydrogens (tertiary/aromatic N) is 1. The van der Waals surface area contributed by atoms with Crippen LogP contribution in [0.4, 0.5) is 0 Å². The van der Waals surface area contributed by atoms with Gasteiger partial charge in [0.1, 0.15) is 11.5 Å². The van der Waals surface area contributed by atoms with Crippen molar-refractivity contribution in [1.82, 2.24) is 4.90 Å². The van der Waals surface area contributed by atoms with E-state index in [0.717, 1.165) is 6.07 Å². The van der Waals surface area contributed by atoms with E-state index in [0.29, 0.717) is 5.56 Å². The number of rotatable bonds is 4. The van der Waals surface area contributed by atoms with Gasteiger partial charge >= 0.3 is 0 Å². The number of phenolic OH excluding ortho intramolecular Hbond substituents is 1. The molecule has 1 amide bonds. The van der Waals surface area contributed by atoms with E-state index in [1.165, 1.54) is 26.1 Å². The average Bonchev–Trinajstić information content (AvgIpc) is 2.75. The number of amides is 1. The van der Waals surface area contributed by atoms with Crippen LogP contribution >= 0.6 is 0 Å². The fourth-order valence-electron chi connectivity index (χ4n) is 6.09. The van der Waals surface area contributed by atoms with E-state index in [1.807, 2.05) is 0 Å². The maximum atomic E-state index is 13.7. The van der Waals surface area contributed by atoms with Gasteiger partial charge in [-0.15, -0.1) is 0 Å². The molecule has 182 valence electrons. The van der Waals surface area contributed by atoms with Crippen LogP contribution in [0.15, 0.2) is 6.07 Å². The summed E-state index contributed by atoms with van der Waals surface area (Å²) < 4.78 is 5.38. The van der Waals surface area contributed by atoms with E-state index in [1.54, 1.807) is 0 Å². The van der Waals surface area contributed by atoms with Gasteiger partial charge in [0.15, 0.2) is 34.7 Å². The number of ether oxygens (including phenoxy) is 1. The molecule has 4 rings (SSSR count).